The molecule has 0 unspecified atom stereocenters. The number of pyridine rings is 2. The van der Waals surface area contributed by atoms with Gasteiger partial charge in [-0.25, -0.2) is 9.97 Å². The van der Waals surface area contributed by atoms with E-state index in [1.165, 1.54) is 0 Å². The lowest BCUT2D eigenvalue weighted by molar-refractivity contribution is 1.09. The monoisotopic (exact) mass is 204 g/mol. The van der Waals surface area contributed by atoms with Crippen LogP contribution in [0.3, 0.4) is 0 Å². The van der Waals surface area contributed by atoms with Gasteiger partial charge in [0.1, 0.15) is 0 Å². The summed E-state index contributed by atoms with van der Waals surface area (Å²) >= 11 is 1.59. The van der Waals surface area contributed by atoms with Crippen molar-refractivity contribution in [3.05, 3.63) is 30.1 Å². The van der Waals surface area contributed by atoms with Gasteiger partial charge in [-0.15, -0.1) is 0 Å². The van der Waals surface area contributed by atoms with Gasteiger partial charge in [0, 0.05) is 11.6 Å². The van der Waals surface area contributed by atoms with Gasteiger partial charge >= 0.3 is 0 Å². The molecule has 1 aliphatic heterocycles. The van der Waals surface area contributed by atoms with Crippen LogP contribution in [-0.4, -0.2) is 9.97 Å². The van der Waals surface area contributed by atoms with Gasteiger partial charge < -0.3 is 5.43 Å². The summed E-state index contributed by atoms with van der Waals surface area (Å²) in [5.41, 5.74) is 5.99. The number of hydrogen-bond donors (Lipinski definition) is 2. The largest absolute Gasteiger partial charge is 0.310 e. The summed E-state index contributed by atoms with van der Waals surface area (Å²) in [6.45, 7) is 0. The standard InChI is InChI=1S/C9H8N4S/c1-2-6-4-7-8(5-14-13-12-7)11-9(6)10-3-1/h1-4,12-13H,5H2. The highest BCUT2D eigenvalue weighted by atomic mass is 32.2. The molecule has 0 aliphatic carbocycles. The molecule has 2 aromatic heterocycles. The topological polar surface area (TPSA) is 49.8 Å². The van der Waals surface area contributed by atoms with E-state index in [0.29, 0.717) is 0 Å². The van der Waals surface area contributed by atoms with Crippen molar-refractivity contribution in [3.63, 3.8) is 0 Å². The first-order valence-electron chi connectivity index (χ1n) is 4.31. The second-order valence-electron chi connectivity index (χ2n) is 3.05. The molecule has 14 heavy (non-hydrogen) atoms. The van der Waals surface area contributed by atoms with Crippen molar-refractivity contribution in [1.82, 2.24) is 14.8 Å². The van der Waals surface area contributed by atoms with Crippen molar-refractivity contribution in [1.29, 1.82) is 0 Å². The van der Waals surface area contributed by atoms with Crippen LogP contribution in [0.4, 0.5) is 5.69 Å². The quantitative estimate of drug-likeness (QED) is 0.640. The fraction of sp³-hybridized carbons (Fsp3) is 0.111. The zero-order valence-electron chi connectivity index (χ0n) is 7.32. The van der Waals surface area contributed by atoms with Gasteiger partial charge in [0.15, 0.2) is 5.65 Å². The van der Waals surface area contributed by atoms with Crippen molar-refractivity contribution in [3.8, 4) is 0 Å². The molecular formula is C9H8N4S. The van der Waals surface area contributed by atoms with Gasteiger partial charge in [0.25, 0.3) is 0 Å². The molecule has 0 saturated carbocycles. The van der Waals surface area contributed by atoms with E-state index in [1.807, 2.05) is 12.1 Å². The first-order valence-corrected chi connectivity index (χ1v) is 5.29. The molecule has 0 spiro atoms. The van der Waals surface area contributed by atoms with Crippen LogP contribution < -0.4 is 10.3 Å². The highest BCUT2D eigenvalue weighted by Gasteiger charge is 2.11. The SMILES string of the molecule is c1cnc2nc3c(cc2c1)NNSC3. The summed E-state index contributed by atoms with van der Waals surface area (Å²) in [5.74, 6) is 0.870. The van der Waals surface area contributed by atoms with Crippen molar-refractivity contribution in [2.45, 2.75) is 5.75 Å². The molecule has 0 saturated heterocycles. The Labute approximate surface area is 85.2 Å². The number of hydrazine groups is 1. The van der Waals surface area contributed by atoms with E-state index in [9.17, 15) is 0 Å². The van der Waals surface area contributed by atoms with Gasteiger partial charge in [-0.3, -0.25) is 0 Å². The second kappa shape index (κ2) is 3.11. The maximum Gasteiger partial charge on any atom is 0.159 e. The number of hydrogen-bond acceptors (Lipinski definition) is 5. The summed E-state index contributed by atoms with van der Waals surface area (Å²) in [5, 5.41) is 1.06. The summed E-state index contributed by atoms with van der Waals surface area (Å²) in [6, 6.07) is 6.00. The van der Waals surface area contributed by atoms with E-state index in [1.54, 1.807) is 18.1 Å². The molecule has 3 rings (SSSR count). The third-order valence-corrected chi connectivity index (χ3v) is 2.80. The lowest BCUT2D eigenvalue weighted by atomic mass is 10.2. The number of nitrogens with zero attached hydrogens (tertiary/aromatic N) is 2. The predicted octanol–water partition coefficient (Wildman–Crippen LogP) is 1.71. The van der Waals surface area contributed by atoms with Crippen molar-refractivity contribution < 1.29 is 0 Å². The summed E-state index contributed by atoms with van der Waals surface area (Å²) in [6.07, 6.45) is 1.77. The van der Waals surface area contributed by atoms with Crippen LogP contribution in [-0.2, 0) is 5.75 Å². The highest BCUT2D eigenvalue weighted by molar-refractivity contribution is 7.96. The molecule has 0 bridgehead atoms. The van der Waals surface area contributed by atoms with Crippen molar-refractivity contribution in [2.24, 2.45) is 0 Å². The van der Waals surface area contributed by atoms with Gasteiger partial charge in [-0.05, 0) is 18.2 Å². The van der Waals surface area contributed by atoms with Gasteiger partial charge in [-0.1, -0.05) is 11.9 Å². The molecule has 0 fully saturated rings. The molecule has 0 amide bonds. The highest BCUT2D eigenvalue weighted by Crippen LogP contribution is 2.25. The van der Waals surface area contributed by atoms with E-state index >= 15 is 0 Å². The van der Waals surface area contributed by atoms with Crippen molar-refractivity contribution in [2.75, 3.05) is 5.43 Å². The molecule has 4 nitrogen and oxygen atoms in total. The van der Waals surface area contributed by atoms with Crippen molar-refractivity contribution >= 4 is 28.7 Å². The Kier molecular flexibility index (Phi) is 1.78. The van der Waals surface area contributed by atoms with E-state index < -0.39 is 0 Å². The Morgan fingerprint density at radius 2 is 2.43 bits per heavy atom. The number of nitrogens with one attached hydrogen (secondary N) is 2. The first-order chi connectivity index (χ1) is 6.93. The van der Waals surface area contributed by atoms with Crippen LogP contribution in [0.1, 0.15) is 5.69 Å². The zero-order chi connectivity index (χ0) is 9.38. The molecule has 2 N–H and O–H groups in total. The number of anilines is 1. The second-order valence-corrected chi connectivity index (χ2v) is 3.83. The Hall–Kier alpha value is -1.33. The predicted molar refractivity (Wildman–Crippen MR) is 57.6 cm³/mol. The number of aromatic nitrogens is 2. The molecule has 3 heterocycles. The minimum atomic E-state index is 0.815. The van der Waals surface area contributed by atoms with Crippen LogP contribution in [0.5, 0.6) is 0 Å². The van der Waals surface area contributed by atoms with E-state index in [-0.39, 0.29) is 0 Å². The molecule has 0 atom stereocenters. The van der Waals surface area contributed by atoms with E-state index in [4.69, 9.17) is 0 Å². The summed E-state index contributed by atoms with van der Waals surface area (Å²) in [4.78, 5) is 11.7. The zero-order valence-corrected chi connectivity index (χ0v) is 8.14. The fourth-order valence-electron chi connectivity index (χ4n) is 1.46. The lowest BCUT2D eigenvalue weighted by Gasteiger charge is -2.17. The number of rotatable bonds is 0. The fourth-order valence-corrected chi connectivity index (χ4v) is 2.07. The van der Waals surface area contributed by atoms with Gasteiger partial charge in [-0.2, -0.15) is 4.83 Å². The maximum atomic E-state index is 4.48. The first kappa shape index (κ1) is 8.02. The van der Waals surface area contributed by atoms with Gasteiger partial charge in [0.05, 0.1) is 17.1 Å². The Bertz CT molecular complexity index is 441. The third-order valence-electron chi connectivity index (χ3n) is 2.14. The van der Waals surface area contributed by atoms with E-state index in [2.05, 4.69) is 26.3 Å². The van der Waals surface area contributed by atoms with Crippen LogP contribution >= 0.6 is 11.9 Å². The van der Waals surface area contributed by atoms with Crippen LogP contribution in [0.25, 0.3) is 11.0 Å². The lowest BCUT2D eigenvalue weighted by Crippen LogP contribution is -2.20. The maximum absolute atomic E-state index is 4.48. The average molecular weight is 204 g/mol. The molecule has 1 aliphatic rings. The molecule has 0 aromatic carbocycles. The van der Waals surface area contributed by atoms with Crippen LogP contribution in [0.15, 0.2) is 24.4 Å². The minimum absolute atomic E-state index is 0.815. The number of fused-ring (bicyclic) bond motifs is 2. The molecular weight excluding hydrogens is 196 g/mol. The normalized spacial score (nSPS) is 14.9. The van der Waals surface area contributed by atoms with Crippen LogP contribution in [0.2, 0.25) is 0 Å². The average Bonchev–Trinajstić information content (AvgIpc) is 2.26. The molecule has 70 valence electrons. The molecule has 2 aromatic rings. The Morgan fingerprint density at radius 1 is 1.43 bits per heavy atom. The smallest absolute Gasteiger partial charge is 0.159 e. The molecule has 5 heteroatoms. The van der Waals surface area contributed by atoms with Gasteiger partial charge in [0.2, 0.25) is 0 Å². The minimum Gasteiger partial charge on any atom is -0.310 e. The van der Waals surface area contributed by atoms with Crippen LogP contribution in [0, 0.1) is 0 Å². The Morgan fingerprint density at radius 3 is 3.43 bits per heavy atom. The summed E-state index contributed by atoms with van der Waals surface area (Å²) < 4.78 is 0. The molecule has 0 radical (unpaired) electrons. The van der Waals surface area contributed by atoms with E-state index in [0.717, 1.165) is 28.2 Å². The summed E-state index contributed by atoms with van der Waals surface area (Å²) in [7, 11) is 0. The Balaban J connectivity index is 2.27. The third kappa shape index (κ3) is 1.21.